The Labute approximate surface area is 240 Å². The Kier molecular flexibility index (Phi) is 5.82. The zero-order chi connectivity index (χ0) is 27.9. The lowest BCUT2D eigenvalue weighted by atomic mass is 9.74. The predicted octanol–water partition coefficient (Wildman–Crippen LogP) is 2.14. The summed E-state index contributed by atoms with van der Waals surface area (Å²) in [6, 6.07) is 8.21. The van der Waals surface area contributed by atoms with E-state index in [0.717, 1.165) is 73.0 Å². The third-order valence-corrected chi connectivity index (χ3v) is 12.0. The molecule has 5 fully saturated rings. The number of rotatable bonds is 6. The van der Waals surface area contributed by atoms with E-state index in [2.05, 4.69) is 26.4 Å². The molecule has 8 rings (SSSR count). The van der Waals surface area contributed by atoms with Gasteiger partial charge in [-0.15, -0.1) is 0 Å². The summed E-state index contributed by atoms with van der Waals surface area (Å²) in [6.07, 6.45) is 6.32. The lowest BCUT2D eigenvalue weighted by molar-refractivity contribution is -0.118. The number of ether oxygens (including phenoxy) is 1. The molecule has 3 aliphatic carbocycles. The number of carbonyl (C=O) groups excluding carboxylic acids is 1. The number of amides is 1. The number of anilines is 3. The maximum absolute atomic E-state index is 13.2. The molecule has 2 saturated heterocycles. The molecule has 3 saturated carbocycles. The smallest absolute Gasteiger partial charge is 0.235 e. The van der Waals surface area contributed by atoms with E-state index in [4.69, 9.17) is 14.7 Å². The molecule has 1 spiro atoms. The molecule has 1 aromatic heterocycles. The van der Waals surface area contributed by atoms with E-state index < -0.39 is 15.3 Å². The Hall–Kier alpha value is -2.96. The van der Waals surface area contributed by atoms with Crippen molar-refractivity contribution in [3.63, 3.8) is 0 Å². The molecule has 1 amide bonds. The largest absolute Gasteiger partial charge is 0.497 e. The molecular weight excluding hydrogens is 542 g/mol. The third kappa shape index (κ3) is 4.37. The first-order valence-electron chi connectivity index (χ1n) is 14.9. The van der Waals surface area contributed by atoms with Crippen LogP contribution in [0.4, 0.5) is 17.3 Å². The Morgan fingerprint density at radius 1 is 1.07 bits per heavy atom. The van der Waals surface area contributed by atoms with Gasteiger partial charge in [0.2, 0.25) is 5.91 Å². The molecule has 4 N–H and O–H groups in total. The summed E-state index contributed by atoms with van der Waals surface area (Å²) in [4.78, 5) is 25.0. The summed E-state index contributed by atoms with van der Waals surface area (Å²) < 4.78 is 29.4. The molecule has 0 bridgehead atoms. The number of hydrazine groups is 1. The minimum atomic E-state index is -2.96. The maximum Gasteiger partial charge on any atom is 0.235 e. The van der Waals surface area contributed by atoms with Crippen molar-refractivity contribution in [2.24, 2.45) is 17.8 Å². The summed E-state index contributed by atoms with van der Waals surface area (Å²) in [6.45, 7) is 0.937. The molecule has 218 valence electrons. The van der Waals surface area contributed by atoms with E-state index in [1.807, 2.05) is 24.3 Å². The van der Waals surface area contributed by atoms with Gasteiger partial charge in [-0.3, -0.25) is 10.2 Å². The number of hydrogen-bond donors (Lipinski definition) is 4. The highest BCUT2D eigenvalue weighted by Crippen LogP contribution is 2.65. The Balaban J connectivity index is 0.959. The predicted molar refractivity (Wildman–Crippen MR) is 155 cm³/mol. The Morgan fingerprint density at radius 2 is 1.90 bits per heavy atom. The second kappa shape index (κ2) is 9.27. The van der Waals surface area contributed by atoms with Gasteiger partial charge >= 0.3 is 0 Å². The van der Waals surface area contributed by atoms with Gasteiger partial charge < -0.3 is 20.3 Å². The van der Waals surface area contributed by atoms with Crippen LogP contribution in [0.2, 0.25) is 0 Å². The second-order valence-electron chi connectivity index (χ2n) is 12.8. The number of fused-ring (bicyclic) bond motifs is 3. The van der Waals surface area contributed by atoms with E-state index in [0.29, 0.717) is 42.8 Å². The molecule has 0 radical (unpaired) electrons. The monoisotopic (exact) mass is 579 g/mol. The van der Waals surface area contributed by atoms with Crippen LogP contribution in [0, 0.1) is 17.8 Å². The van der Waals surface area contributed by atoms with Crippen molar-refractivity contribution in [1.29, 1.82) is 0 Å². The van der Waals surface area contributed by atoms with Crippen LogP contribution in [0.3, 0.4) is 0 Å². The van der Waals surface area contributed by atoms with Crippen LogP contribution >= 0.6 is 0 Å². The zero-order valence-corrected chi connectivity index (χ0v) is 24.0. The van der Waals surface area contributed by atoms with Crippen molar-refractivity contribution in [3.8, 4) is 5.75 Å². The normalized spacial score (nSPS) is 35.1. The average molecular weight is 580 g/mol. The zero-order valence-electron chi connectivity index (χ0n) is 23.2. The fraction of sp³-hybridized carbons (Fsp3) is 0.621. The highest BCUT2D eigenvalue weighted by molar-refractivity contribution is 7.91. The van der Waals surface area contributed by atoms with Crippen molar-refractivity contribution in [2.75, 3.05) is 47.2 Å². The lowest BCUT2D eigenvalue weighted by Gasteiger charge is -2.34. The van der Waals surface area contributed by atoms with Gasteiger partial charge in [0.25, 0.3) is 0 Å². The van der Waals surface area contributed by atoms with Crippen LogP contribution in [-0.4, -0.2) is 68.2 Å². The number of carbonyl (C=O) groups is 1. The number of nitrogens with zero attached hydrogens (tertiary/aromatic N) is 3. The van der Waals surface area contributed by atoms with Gasteiger partial charge in [0.15, 0.2) is 9.84 Å². The van der Waals surface area contributed by atoms with E-state index in [1.165, 1.54) is 0 Å². The molecule has 4 unspecified atom stereocenters. The quantitative estimate of drug-likeness (QED) is 0.403. The third-order valence-electron chi connectivity index (χ3n) is 10.4. The topological polar surface area (TPSA) is 138 Å². The van der Waals surface area contributed by atoms with Crippen molar-refractivity contribution in [3.05, 3.63) is 35.7 Å². The van der Waals surface area contributed by atoms with E-state index in [9.17, 15) is 13.2 Å². The summed E-state index contributed by atoms with van der Waals surface area (Å²) in [7, 11) is -1.29. The number of nitrogens with one attached hydrogen (secondary N) is 4. The SMILES string of the molecule is COc1ccc2c(c1)[C@]1(C[C@H]1C1CCC3C(C1)NNC3Nc1cc(N3CCS(=O)(=O)CC3)nc(C3CC3)n1)C(=O)N2. The van der Waals surface area contributed by atoms with Crippen LogP contribution in [0.25, 0.3) is 0 Å². The lowest BCUT2D eigenvalue weighted by Crippen LogP contribution is -2.41. The number of sulfone groups is 1. The van der Waals surface area contributed by atoms with Gasteiger partial charge in [-0.1, -0.05) is 0 Å². The second-order valence-corrected chi connectivity index (χ2v) is 15.1. The van der Waals surface area contributed by atoms with Crippen LogP contribution in [0.5, 0.6) is 5.75 Å². The van der Waals surface area contributed by atoms with Crippen LogP contribution in [0.1, 0.15) is 55.8 Å². The molecule has 11 nitrogen and oxygen atoms in total. The Bertz CT molecular complexity index is 1500. The number of methoxy groups -OCH3 is 1. The van der Waals surface area contributed by atoms with Crippen LogP contribution in [0.15, 0.2) is 24.3 Å². The van der Waals surface area contributed by atoms with Gasteiger partial charge in [0.1, 0.15) is 23.2 Å². The maximum atomic E-state index is 13.2. The Morgan fingerprint density at radius 3 is 2.68 bits per heavy atom. The standard InChI is InChI=1S/C29H37N7O4S/c1-40-18-5-7-22-20(13-18)29(28(37)30-22)15-21(29)17-4-6-19-23(12-17)34-35-27(19)32-24-14-25(33-26(31-24)16-2-3-16)36-8-10-41(38,39)11-9-36/h5,7,13-14,16-17,19,21,23,27,34-35H,2-4,6,8-12,15H2,1H3,(H,30,37)(H,31,32,33)/t17?,19?,21-,23?,27?,29-/m0/s1. The molecule has 6 atom stereocenters. The molecular formula is C29H37N7O4S. The first-order valence-corrected chi connectivity index (χ1v) is 16.8. The van der Waals surface area contributed by atoms with Crippen LogP contribution < -0.4 is 31.1 Å². The number of benzene rings is 1. The van der Waals surface area contributed by atoms with Crippen molar-refractivity contribution in [2.45, 2.75) is 62.1 Å². The van der Waals surface area contributed by atoms with Gasteiger partial charge in [-0.05, 0) is 74.1 Å². The molecule has 1 aromatic carbocycles. The summed E-state index contributed by atoms with van der Waals surface area (Å²) in [5.41, 5.74) is 8.67. The fourth-order valence-electron chi connectivity index (χ4n) is 7.83. The highest BCUT2D eigenvalue weighted by atomic mass is 32.2. The van der Waals surface area contributed by atoms with Gasteiger partial charge in [-0.25, -0.2) is 23.8 Å². The number of aromatic nitrogens is 2. The van der Waals surface area contributed by atoms with E-state index >= 15 is 0 Å². The van der Waals surface area contributed by atoms with E-state index in [1.54, 1.807) is 7.11 Å². The summed E-state index contributed by atoms with van der Waals surface area (Å²) in [5.74, 6) is 5.36. The fourth-order valence-corrected chi connectivity index (χ4v) is 9.03. The first-order chi connectivity index (χ1) is 19.8. The molecule has 12 heteroatoms. The van der Waals surface area contributed by atoms with Gasteiger partial charge in [0.05, 0.1) is 30.2 Å². The van der Waals surface area contributed by atoms with Crippen molar-refractivity contribution >= 4 is 33.1 Å². The van der Waals surface area contributed by atoms with E-state index in [-0.39, 0.29) is 23.6 Å². The summed E-state index contributed by atoms with van der Waals surface area (Å²) in [5, 5.41) is 6.77. The van der Waals surface area contributed by atoms with Crippen LogP contribution in [-0.2, 0) is 20.0 Å². The van der Waals surface area contributed by atoms with Crippen molar-refractivity contribution in [1.82, 2.24) is 20.8 Å². The van der Waals surface area contributed by atoms with Gasteiger partial charge in [0, 0.05) is 42.7 Å². The average Bonchev–Trinajstić information content (AvgIpc) is 3.88. The van der Waals surface area contributed by atoms with Crippen molar-refractivity contribution < 1.29 is 17.9 Å². The first kappa shape index (κ1) is 25.7. The highest BCUT2D eigenvalue weighted by Gasteiger charge is 2.67. The van der Waals surface area contributed by atoms with Gasteiger partial charge in [-0.2, -0.15) is 0 Å². The molecule has 3 aliphatic heterocycles. The molecule has 2 aromatic rings. The summed E-state index contributed by atoms with van der Waals surface area (Å²) >= 11 is 0. The minimum absolute atomic E-state index is 0.0328. The number of hydrogen-bond acceptors (Lipinski definition) is 10. The minimum Gasteiger partial charge on any atom is -0.497 e. The molecule has 6 aliphatic rings. The molecule has 41 heavy (non-hydrogen) atoms. The molecule has 4 heterocycles.